The number of anilines is 1. The van der Waals surface area contributed by atoms with Crippen LogP contribution in [0.4, 0.5) is 5.69 Å². The summed E-state index contributed by atoms with van der Waals surface area (Å²) in [4.78, 5) is 16.2. The van der Waals surface area contributed by atoms with Crippen LogP contribution in [0.2, 0.25) is 0 Å². The number of pyridine rings is 1. The summed E-state index contributed by atoms with van der Waals surface area (Å²) in [6, 6.07) is 7.29. The Balaban J connectivity index is 1.87. The van der Waals surface area contributed by atoms with Crippen molar-refractivity contribution in [3.05, 3.63) is 54.0 Å². The Hall–Kier alpha value is -2.69. The van der Waals surface area contributed by atoms with Gasteiger partial charge in [0.05, 0.1) is 23.6 Å². The molecule has 0 bridgehead atoms. The van der Waals surface area contributed by atoms with E-state index in [1.807, 2.05) is 19.1 Å². The maximum Gasteiger partial charge on any atom is 0.255 e. The summed E-state index contributed by atoms with van der Waals surface area (Å²) < 4.78 is 0. The molecule has 0 aliphatic rings. The predicted octanol–water partition coefficient (Wildman–Crippen LogP) is 2.52. The summed E-state index contributed by atoms with van der Waals surface area (Å²) in [6.07, 6.45) is 5.09. The van der Waals surface area contributed by atoms with Gasteiger partial charge in [-0.1, -0.05) is 6.07 Å². The molecule has 5 nitrogen and oxygen atoms in total. The van der Waals surface area contributed by atoms with Gasteiger partial charge in [0.25, 0.3) is 5.91 Å². The quantitative estimate of drug-likeness (QED) is 0.736. The Morgan fingerprint density at radius 3 is 2.95 bits per heavy atom. The Kier molecular flexibility index (Phi) is 2.72. The maximum absolute atomic E-state index is 12.1. The van der Waals surface area contributed by atoms with E-state index in [-0.39, 0.29) is 5.91 Å². The minimum atomic E-state index is -0.163. The molecule has 0 aliphatic carbocycles. The molecule has 2 aromatic heterocycles. The van der Waals surface area contributed by atoms with E-state index in [1.165, 1.54) is 0 Å². The number of hydrogen-bond acceptors (Lipinski definition) is 3. The molecule has 3 rings (SSSR count). The van der Waals surface area contributed by atoms with Gasteiger partial charge in [0.15, 0.2) is 0 Å². The maximum atomic E-state index is 12.1. The first kappa shape index (κ1) is 11.4. The Bertz CT molecular complexity index is 748. The molecule has 2 N–H and O–H groups in total. The molecule has 0 spiro atoms. The highest BCUT2D eigenvalue weighted by Crippen LogP contribution is 2.15. The molecule has 2 heterocycles. The lowest BCUT2D eigenvalue weighted by Crippen LogP contribution is -2.12. The van der Waals surface area contributed by atoms with E-state index in [0.717, 1.165) is 16.5 Å². The van der Waals surface area contributed by atoms with Crippen LogP contribution in [0.5, 0.6) is 0 Å². The minimum Gasteiger partial charge on any atom is -0.321 e. The second-order valence-corrected chi connectivity index (χ2v) is 4.38. The van der Waals surface area contributed by atoms with Gasteiger partial charge in [-0.2, -0.15) is 5.10 Å². The highest BCUT2D eigenvalue weighted by Gasteiger charge is 2.07. The topological polar surface area (TPSA) is 70.7 Å². The number of aromatic nitrogens is 3. The van der Waals surface area contributed by atoms with E-state index in [1.54, 1.807) is 30.7 Å². The molecule has 1 aromatic carbocycles. The normalized spacial score (nSPS) is 10.6. The van der Waals surface area contributed by atoms with Crippen LogP contribution < -0.4 is 5.32 Å². The third kappa shape index (κ3) is 2.30. The van der Waals surface area contributed by atoms with Gasteiger partial charge in [0.2, 0.25) is 0 Å². The number of amides is 1. The van der Waals surface area contributed by atoms with Gasteiger partial charge in [-0.3, -0.25) is 14.9 Å². The zero-order valence-corrected chi connectivity index (χ0v) is 10.3. The van der Waals surface area contributed by atoms with Crippen molar-refractivity contribution in [3.63, 3.8) is 0 Å². The number of aryl methyl sites for hydroxylation is 1. The zero-order chi connectivity index (χ0) is 13.2. The van der Waals surface area contributed by atoms with E-state index in [2.05, 4.69) is 20.5 Å². The fourth-order valence-corrected chi connectivity index (χ4v) is 1.90. The average molecular weight is 252 g/mol. The lowest BCUT2D eigenvalue weighted by atomic mass is 10.1. The molecule has 0 radical (unpaired) electrons. The third-order valence-electron chi connectivity index (χ3n) is 2.84. The van der Waals surface area contributed by atoms with Crippen molar-refractivity contribution < 1.29 is 4.79 Å². The first-order valence-electron chi connectivity index (χ1n) is 5.88. The van der Waals surface area contributed by atoms with Crippen molar-refractivity contribution >= 4 is 22.5 Å². The van der Waals surface area contributed by atoms with Crippen LogP contribution in [0.25, 0.3) is 10.9 Å². The number of benzene rings is 1. The molecular weight excluding hydrogens is 240 g/mol. The van der Waals surface area contributed by atoms with E-state index in [0.29, 0.717) is 11.3 Å². The molecule has 0 atom stereocenters. The van der Waals surface area contributed by atoms with Crippen molar-refractivity contribution in [2.24, 2.45) is 0 Å². The van der Waals surface area contributed by atoms with Crippen LogP contribution in [0, 0.1) is 6.92 Å². The molecule has 0 saturated carbocycles. The van der Waals surface area contributed by atoms with Crippen LogP contribution in [0.15, 0.2) is 42.9 Å². The first-order valence-corrected chi connectivity index (χ1v) is 5.88. The number of nitrogens with one attached hydrogen (secondary N) is 2. The van der Waals surface area contributed by atoms with Gasteiger partial charge in [-0.05, 0) is 30.7 Å². The summed E-state index contributed by atoms with van der Waals surface area (Å²) in [5.41, 5.74) is 3.12. The van der Waals surface area contributed by atoms with Crippen molar-refractivity contribution in [1.82, 2.24) is 15.2 Å². The van der Waals surface area contributed by atoms with Gasteiger partial charge >= 0.3 is 0 Å². The number of carbonyl (C=O) groups is 1. The molecular formula is C14H12N4O. The van der Waals surface area contributed by atoms with Crippen LogP contribution >= 0.6 is 0 Å². The fourth-order valence-electron chi connectivity index (χ4n) is 1.90. The van der Waals surface area contributed by atoms with Crippen LogP contribution in [-0.2, 0) is 0 Å². The predicted molar refractivity (Wildman–Crippen MR) is 73.0 cm³/mol. The summed E-state index contributed by atoms with van der Waals surface area (Å²) >= 11 is 0. The van der Waals surface area contributed by atoms with Crippen molar-refractivity contribution in [1.29, 1.82) is 0 Å². The number of carbonyl (C=O) groups excluding carboxylic acids is 1. The number of aromatic amines is 1. The standard InChI is InChI=1S/C14H12N4O/c1-9-4-12(8-15-6-9)17-14(19)10-2-3-11-7-16-18-13(11)5-10/h2-8H,1H3,(H,16,18)(H,17,19). The van der Waals surface area contributed by atoms with E-state index in [9.17, 15) is 4.79 Å². The molecule has 0 saturated heterocycles. The highest BCUT2D eigenvalue weighted by atomic mass is 16.1. The summed E-state index contributed by atoms with van der Waals surface area (Å²) in [6.45, 7) is 1.93. The smallest absolute Gasteiger partial charge is 0.255 e. The summed E-state index contributed by atoms with van der Waals surface area (Å²) in [5, 5.41) is 10.6. The number of nitrogens with zero attached hydrogens (tertiary/aromatic N) is 2. The van der Waals surface area contributed by atoms with Crippen LogP contribution in [0.3, 0.4) is 0 Å². The molecule has 19 heavy (non-hydrogen) atoms. The van der Waals surface area contributed by atoms with Crippen molar-refractivity contribution in [3.8, 4) is 0 Å². The molecule has 0 unspecified atom stereocenters. The lowest BCUT2D eigenvalue weighted by Gasteiger charge is -2.05. The molecule has 94 valence electrons. The number of hydrogen-bond donors (Lipinski definition) is 2. The van der Waals surface area contributed by atoms with Crippen molar-refractivity contribution in [2.75, 3.05) is 5.32 Å². The SMILES string of the molecule is Cc1cncc(NC(=O)c2ccc3cn[nH]c3c2)c1. The number of rotatable bonds is 2. The van der Waals surface area contributed by atoms with Gasteiger partial charge in [0, 0.05) is 17.1 Å². The van der Waals surface area contributed by atoms with Gasteiger partial charge in [0.1, 0.15) is 0 Å². The zero-order valence-electron chi connectivity index (χ0n) is 10.3. The largest absolute Gasteiger partial charge is 0.321 e. The van der Waals surface area contributed by atoms with Crippen LogP contribution in [-0.4, -0.2) is 21.1 Å². The first-order chi connectivity index (χ1) is 9.22. The fraction of sp³-hybridized carbons (Fsp3) is 0.0714. The Morgan fingerprint density at radius 1 is 1.21 bits per heavy atom. The second-order valence-electron chi connectivity index (χ2n) is 4.38. The molecule has 3 aromatic rings. The molecule has 0 aliphatic heterocycles. The third-order valence-corrected chi connectivity index (χ3v) is 2.84. The molecule has 1 amide bonds. The highest BCUT2D eigenvalue weighted by molar-refractivity contribution is 6.06. The average Bonchev–Trinajstić information content (AvgIpc) is 2.85. The Morgan fingerprint density at radius 2 is 2.11 bits per heavy atom. The summed E-state index contributed by atoms with van der Waals surface area (Å²) in [5.74, 6) is -0.163. The van der Waals surface area contributed by atoms with E-state index >= 15 is 0 Å². The van der Waals surface area contributed by atoms with Crippen molar-refractivity contribution in [2.45, 2.75) is 6.92 Å². The summed E-state index contributed by atoms with van der Waals surface area (Å²) in [7, 11) is 0. The molecule has 0 fully saturated rings. The lowest BCUT2D eigenvalue weighted by molar-refractivity contribution is 0.102. The monoisotopic (exact) mass is 252 g/mol. The molecule has 5 heteroatoms. The van der Waals surface area contributed by atoms with Gasteiger partial charge in [-0.25, -0.2) is 0 Å². The van der Waals surface area contributed by atoms with Gasteiger partial charge < -0.3 is 5.32 Å². The minimum absolute atomic E-state index is 0.163. The number of H-pyrrole nitrogens is 1. The van der Waals surface area contributed by atoms with Gasteiger partial charge in [-0.15, -0.1) is 0 Å². The van der Waals surface area contributed by atoms with Crippen LogP contribution in [0.1, 0.15) is 15.9 Å². The number of fused-ring (bicyclic) bond motifs is 1. The Labute approximate surface area is 109 Å². The van der Waals surface area contributed by atoms with E-state index in [4.69, 9.17) is 0 Å². The second kappa shape index (κ2) is 4.53. The van der Waals surface area contributed by atoms with E-state index < -0.39 is 0 Å².